The van der Waals surface area contributed by atoms with Crippen LogP contribution in [0.25, 0.3) is 0 Å². The van der Waals surface area contributed by atoms with E-state index in [4.69, 9.17) is 11.6 Å². The first-order chi connectivity index (χ1) is 10.6. The number of hydrogen-bond acceptors (Lipinski definition) is 3. The van der Waals surface area contributed by atoms with Gasteiger partial charge in [0.25, 0.3) is 5.91 Å². The Balaban J connectivity index is 1.51. The zero-order valence-electron chi connectivity index (χ0n) is 12.9. The van der Waals surface area contributed by atoms with Crippen LogP contribution in [0.5, 0.6) is 0 Å². The van der Waals surface area contributed by atoms with E-state index >= 15 is 0 Å². The predicted octanol–water partition coefficient (Wildman–Crippen LogP) is 2.97. The highest BCUT2D eigenvalue weighted by Gasteiger charge is 2.29. The molecule has 1 amide bonds. The van der Waals surface area contributed by atoms with Crippen LogP contribution in [0.15, 0.2) is 29.3 Å². The Bertz CT molecular complexity index is 562. The lowest BCUT2D eigenvalue weighted by Gasteiger charge is -2.31. The van der Waals surface area contributed by atoms with Crippen molar-refractivity contribution in [2.24, 2.45) is 10.9 Å². The minimum Gasteiger partial charge on any atom is -0.361 e. The molecule has 1 aliphatic heterocycles. The van der Waals surface area contributed by atoms with Crippen LogP contribution in [0.1, 0.15) is 36.0 Å². The largest absolute Gasteiger partial charge is 0.361 e. The summed E-state index contributed by atoms with van der Waals surface area (Å²) in [4.78, 5) is 19.1. The first kappa shape index (κ1) is 15.3. The molecular weight excluding hydrogens is 298 g/mol. The van der Waals surface area contributed by atoms with E-state index in [0.717, 1.165) is 38.8 Å². The molecule has 0 saturated heterocycles. The maximum absolute atomic E-state index is 12.2. The van der Waals surface area contributed by atoms with Gasteiger partial charge in [-0.05, 0) is 49.9 Å². The summed E-state index contributed by atoms with van der Waals surface area (Å²) in [5.74, 6) is 1.83. The van der Waals surface area contributed by atoms with Crippen molar-refractivity contribution < 1.29 is 4.79 Å². The highest BCUT2D eigenvalue weighted by molar-refractivity contribution is 6.30. The van der Waals surface area contributed by atoms with Crippen molar-refractivity contribution in [3.8, 4) is 0 Å². The smallest absolute Gasteiger partial charge is 0.251 e. The first-order valence-corrected chi connectivity index (χ1v) is 8.33. The quantitative estimate of drug-likeness (QED) is 0.931. The number of rotatable bonds is 3. The van der Waals surface area contributed by atoms with Crippen LogP contribution in [-0.2, 0) is 0 Å². The molecule has 0 spiro atoms. The molecule has 0 aromatic heterocycles. The lowest BCUT2D eigenvalue weighted by molar-refractivity contribution is 0.0925. The zero-order chi connectivity index (χ0) is 15.5. The number of carbonyl (C=O) groups excluding carboxylic acids is 1. The monoisotopic (exact) mass is 319 g/mol. The van der Waals surface area contributed by atoms with Crippen LogP contribution >= 0.6 is 11.6 Å². The van der Waals surface area contributed by atoms with Crippen molar-refractivity contribution in [2.75, 3.05) is 20.1 Å². The Morgan fingerprint density at radius 3 is 2.50 bits per heavy atom. The molecule has 1 aromatic carbocycles. The highest BCUT2D eigenvalue weighted by atomic mass is 35.5. The normalized spacial score (nSPS) is 25.0. The van der Waals surface area contributed by atoms with Gasteiger partial charge in [-0.15, -0.1) is 0 Å². The van der Waals surface area contributed by atoms with E-state index in [0.29, 0.717) is 16.5 Å². The van der Waals surface area contributed by atoms with Crippen molar-refractivity contribution in [1.82, 2.24) is 10.2 Å². The second-order valence-corrected chi connectivity index (χ2v) is 6.63. The molecule has 0 unspecified atom stereocenters. The van der Waals surface area contributed by atoms with Gasteiger partial charge in [0, 0.05) is 36.1 Å². The van der Waals surface area contributed by atoms with E-state index in [-0.39, 0.29) is 11.9 Å². The fourth-order valence-corrected chi connectivity index (χ4v) is 3.48. The van der Waals surface area contributed by atoms with Crippen molar-refractivity contribution in [2.45, 2.75) is 31.7 Å². The summed E-state index contributed by atoms with van der Waals surface area (Å²) < 4.78 is 0. The van der Waals surface area contributed by atoms with E-state index in [2.05, 4.69) is 22.3 Å². The Kier molecular flexibility index (Phi) is 4.67. The van der Waals surface area contributed by atoms with E-state index < -0.39 is 0 Å². The van der Waals surface area contributed by atoms with E-state index in [9.17, 15) is 4.79 Å². The minimum atomic E-state index is -0.00422. The van der Waals surface area contributed by atoms with Gasteiger partial charge in [0.05, 0.1) is 6.54 Å². The minimum absolute atomic E-state index is 0.00422. The molecule has 22 heavy (non-hydrogen) atoms. The second-order valence-electron chi connectivity index (χ2n) is 6.19. The molecule has 3 rings (SSSR count). The Labute approximate surface area is 136 Å². The summed E-state index contributed by atoms with van der Waals surface area (Å²) >= 11 is 5.85. The number of nitrogens with zero attached hydrogens (tertiary/aromatic N) is 2. The molecule has 0 atom stereocenters. The molecule has 118 valence electrons. The van der Waals surface area contributed by atoms with Crippen molar-refractivity contribution >= 4 is 23.3 Å². The molecule has 2 aliphatic rings. The number of aliphatic imine (C=N–C) groups is 1. The second kappa shape index (κ2) is 6.69. The number of halogens is 1. The summed E-state index contributed by atoms with van der Waals surface area (Å²) in [5, 5.41) is 3.79. The molecular formula is C17H22ClN3O. The molecule has 4 nitrogen and oxygen atoms in total. The summed E-state index contributed by atoms with van der Waals surface area (Å²) in [6.07, 6.45) is 4.26. The van der Waals surface area contributed by atoms with Gasteiger partial charge in [0.15, 0.2) is 0 Å². The Morgan fingerprint density at radius 1 is 1.23 bits per heavy atom. The number of amidine groups is 1. The number of carbonyl (C=O) groups is 1. The summed E-state index contributed by atoms with van der Waals surface area (Å²) in [7, 11) is 2.13. The van der Waals surface area contributed by atoms with Gasteiger partial charge in [0.2, 0.25) is 0 Å². The molecule has 0 radical (unpaired) electrons. The first-order valence-electron chi connectivity index (χ1n) is 7.95. The molecule has 5 heteroatoms. The van der Waals surface area contributed by atoms with Gasteiger partial charge in [-0.1, -0.05) is 11.6 Å². The van der Waals surface area contributed by atoms with Crippen LogP contribution in [0.4, 0.5) is 0 Å². The van der Waals surface area contributed by atoms with Crippen molar-refractivity contribution in [3.05, 3.63) is 34.9 Å². The average molecular weight is 320 g/mol. The molecule has 1 aliphatic carbocycles. The molecule has 1 fully saturated rings. The zero-order valence-corrected chi connectivity index (χ0v) is 13.6. The fraction of sp³-hybridized carbons (Fsp3) is 0.529. The summed E-state index contributed by atoms with van der Waals surface area (Å²) in [6.45, 7) is 1.97. The Hall–Kier alpha value is -1.55. The maximum atomic E-state index is 12.2. The highest BCUT2D eigenvalue weighted by Crippen LogP contribution is 2.28. The van der Waals surface area contributed by atoms with Gasteiger partial charge in [-0.25, -0.2) is 0 Å². The number of likely N-dealkylation sites (N-methyl/N-ethyl adjacent to an activating group) is 1. The van der Waals surface area contributed by atoms with Crippen LogP contribution in [0, 0.1) is 5.92 Å². The summed E-state index contributed by atoms with van der Waals surface area (Å²) in [6, 6.07) is 7.31. The number of hydrogen-bond donors (Lipinski definition) is 1. The van der Waals surface area contributed by atoms with Gasteiger partial charge < -0.3 is 10.2 Å². The van der Waals surface area contributed by atoms with Gasteiger partial charge in [-0.3, -0.25) is 9.79 Å². The third-order valence-corrected chi connectivity index (χ3v) is 4.89. The van der Waals surface area contributed by atoms with Crippen molar-refractivity contribution in [3.63, 3.8) is 0 Å². The van der Waals surface area contributed by atoms with Crippen molar-refractivity contribution in [1.29, 1.82) is 0 Å². The van der Waals surface area contributed by atoms with Gasteiger partial charge in [-0.2, -0.15) is 0 Å². The Morgan fingerprint density at radius 2 is 1.91 bits per heavy atom. The number of nitrogens with one attached hydrogen (secondary N) is 1. The van der Waals surface area contributed by atoms with Crippen LogP contribution in [-0.4, -0.2) is 42.8 Å². The topological polar surface area (TPSA) is 44.7 Å². The van der Waals surface area contributed by atoms with Crippen LogP contribution < -0.4 is 5.32 Å². The molecule has 0 bridgehead atoms. The van der Waals surface area contributed by atoms with Crippen LogP contribution in [0.2, 0.25) is 5.02 Å². The number of amides is 1. The van der Waals surface area contributed by atoms with Gasteiger partial charge in [0.1, 0.15) is 5.84 Å². The lowest BCUT2D eigenvalue weighted by Crippen LogP contribution is -2.40. The standard InChI is InChI=1S/C17H22ClN3O/c1-21-11-10-19-16(21)12-4-8-15(9-5-12)20-17(22)13-2-6-14(18)7-3-13/h2-3,6-7,12,15H,4-5,8-11H2,1H3,(H,20,22). The predicted molar refractivity (Wildman–Crippen MR) is 89.6 cm³/mol. The summed E-state index contributed by atoms with van der Waals surface area (Å²) in [5.41, 5.74) is 0.673. The molecule has 1 heterocycles. The SMILES string of the molecule is CN1CCN=C1C1CCC(NC(=O)c2ccc(Cl)cc2)CC1. The lowest BCUT2D eigenvalue weighted by atomic mass is 9.85. The van der Waals surface area contributed by atoms with E-state index in [1.54, 1.807) is 24.3 Å². The van der Waals surface area contributed by atoms with E-state index in [1.807, 2.05) is 0 Å². The van der Waals surface area contributed by atoms with Gasteiger partial charge >= 0.3 is 0 Å². The van der Waals surface area contributed by atoms with Crippen LogP contribution in [0.3, 0.4) is 0 Å². The molecule has 1 saturated carbocycles. The molecule has 1 aromatic rings. The third kappa shape index (κ3) is 3.43. The average Bonchev–Trinajstić information content (AvgIpc) is 2.95. The molecule has 1 N–H and O–H groups in total. The van der Waals surface area contributed by atoms with E-state index in [1.165, 1.54) is 5.84 Å². The third-order valence-electron chi connectivity index (χ3n) is 4.63. The number of benzene rings is 1. The fourth-order valence-electron chi connectivity index (χ4n) is 3.36. The maximum Gasteiger partial charge on any atom is 0.251 e.